The monoisotopic (exact) mass is 306 g/mol. The van der Waals surface area contributed by atoms with Crippen molar-refractivity contribution in [2.75, 3.05) is 17.2 Å². The summed E-state index contributed by atoms with van der Waals surface area (Å²) in [5.41, 5.74) is 0. The number of anilines is 1. The van der Waals surface area contributed by atoms with Crippen LogP contribution in [0.25, 0.3) is 0 Å². The summed E-state index contributed by atoms with van der Waals surface area (Å²) in [6, 6.07) is 5.57. The molecule has 0 fully saturated rings. The number of carbonyl (C=O) groups excluding carboxylic acids is 1. The van der Waals surface area contributed by atoms with Gasteiger partial charge in [-0.2, -0.15) is 11.8 Å². The lowest BCUT2D eigenvalue weighted by Gasteiger charge is -2.19. The molecule has 21 heavy (non-hydrogen) atoms. The standard InChI is InChI=1S/C13H18N6OS/c1-3-19(11-6-4-5-8-14-11)13(20)7-9-21-10-12-15-16-17-18(12)2/h4-6,8H,3,7,9-10H2,1-2H3. The molecule has 7 nitrogen and oxygen atoms in total. The number of hydrogen-bond acceptors (Lipinski definition) is 6. The smallest absolute Gasteiger partial charge is 0.228 e. The molecule has 2 rings (SSSR count). The van der Waals surface area contributed by atoms with Crippen molar-refractivity contribution in [3.63, 3.8) is 0 Å². The molecule has 0 spiro atoms. The van der Waals surface area contributed by atoms with Crippen LogP contribution in [0.5, 0.6) is 0 Å². The minimum Gasteiger partial charge on any atom is -0.297 e. The molecule has 0 saturated heterocycles. The number of tetrazole rings is 1. The van der Waals surface area contributed by atoms with Gasteiger partial charge in [-0.3, -0.25) is 9.69 Å². The van der Waals surface area contributed by atoms with Gasteiger partial charge in [0.25, 0.3) is 0 Å². The quantitative estimate of drug-likeness (QED) is 0.717. The highest BCUT2D eigenvalue weighted by atomic mass is 32.2. The fourth-order valence-electron chi connectivity index (χ4n) is 1.81. The number of pyridine rings is 1. The van der Waals surface area contributed by atoms with E-state index in [-0.39, 0.29) is 5.91 Å². The lowest BCUT2D eigenvalue weighted by molar-refractivity contribution is -0.118. The Morgan fingerprint density at radius 1 is 1.43 bits per heavy atom. The summed E-state index contributed by atoms with van der Waals surface area (Å²) < 4.78 is 1.64. The van der Waals surface area contributed by atoms with E-state index in [1.807, 2.05) is 25.1 Å². The van der Waals surface area contributed by atoms with Crippen molar-refractivity contribution < 1.29 is 4.79 Å². The van der Waals surface area contributed by atoms with E-state index in [2.05, 4.69) is 20.5 Å². The maximum Gasteiger partial charge on any atom is 0.228 e. The van der Waals surface area contributed by atoms with Crippen LogP contribution in [0.4, 0.5) is 5.82 Å². The summed E-state index contributed by atoms with van der Waals surface area (Å²) in [6.07, 6.45) is 2.17. The first-order valence-corrected chi connectivity index (χ1v) is 7.88. The molecule has 0 unspecified atom stereocenters. The van der Waals surface area contributed by atoms with Crippen LogP contribution in [0, 0.1) is 0 Å². The van der Waals surface area contributed by atoms with E-state index < -0.39 is 0 Å². The number of carbonyl (C=O) groups is 1. The maximum absolute atomic E-state index is 12.2. The number of aromatic nitrogens is 5. The minimum absolute atomic E-state index is 0.0831. The molecule has 1 amide bonds. The van der Waals surface area contributed by atoms with Crippen LogP contribution in [-0.4, -0.2) is 43.4 Å². The Hall–Kier alpha value is -1.96. The highest BCUT2D eigenvalue weighted by Crippen LogP contribution is 2.14. The van der Waals surface area contributed by atoms with E-state index in [4.69, 9.17) is 0 Å². The molecule has 0 saturated carbocycles. The SMILES string of the molecule is CCN(C(=O)CCSCc1nnnn1C)c1ccccn1. The summed E-state index contributed by atoms with van der Waals surface area (Å²) in [4.78, 5) is 18.1. The second-order valence-electron chi connectivity index (χ2n) is 4.35. The molecule has 0 radical (unpaired) electrons. The van der Waals surface area contributed by atoms with Crippen molar-refractivity contribution >= 4 is 23.5 Å². The highest BCUT2D eigenvalue weighted by Gasteiger charge is 2.14. The average Bonchev–Trinajstić information content (AvgIpc) is 2.91. The van der Waals surface area contributed by atoms with Crippen LogP contribution in [0.15, 0.2) is 24.4 Å². The predicted octanol–water partition coefficient (Wildman–Crippen LogP) is 1.28. The third-order valence-corrected chi connectivity index (χ3v) is 3.90. The minimum atomic E-state index is 0.0831. The van der Waals surface area contributed by atoms with Gasteiger partial charge in [0.1, 0.15) is 5.82 Å². The first-order valence-electron chi connectivity index (χ1n) is 6.72. The summed E-state index contributed by atoms with van der Waals surface area (Å²) >= 11 is 1.65. The average molecular weight is 306 g/mol. The van der Waals surface area contributed by atoms with Crippen molar-refractivity contribution in [1.82, 2.24) is 25.2 Å². The number of thioether (sulfide) groups is 1. The Morgan fingerprint density at radius 2 is 2.29 bits per heavy atom. The second-order valence-corrected chi connectivity index (χ2v) is 5.45. The summed E-state index contributed by atoms with van der Waals surface area (Å²) in [5.74, 6) is 3.03. The molecule has 2 heterocycles. The molecule has 112 valence electrons. The van der Waals surface area contributed by atoms with Gasteiger partial charge in [0.2, 0.25) is 5.91 Å². The van der Waals surface area contributed by atoms with E-state index in [0.717, 1.165) is 11.6 Å². The Labute approximate surface area is 127 Å². The van der Waals surface area contributed by atoms with Crippen molar-refractivity contribution in [3.05, 3.63) is 30.2 Å². The molecule has 0 bridgehead atoms. The molecule has 0 aliphatic carbocycles. The molecule has 8 heteroatoms. The fourth-order valence-corrected chi connectivity index (χ4v) is 2.70. The summed E-state index contributed by atoms with van der Waals surface area (Å²) in [6.45, 7) is 2.57. The van der Waals surface area contributed by atoms with Gasteiger partial charge in [0, 0.05) is 32.0 Å². The summed E-state index contributed by atoms with van der Waals surface area (Å²) in [7, 11) is 1.81. The van der Waals surface area contributed by atoms with Gasteiger partial charge in [-0.25, -0.2) is 9.67 Å². The molecular formula is C13H18N6OS. The van der Waals surface area contributed by atoms with Gasteiger partial charge < -0.3 is 0 Å². The molecule has 0 aromatic carbocycles. The molecule has 2 aromatic heterocycles. The zero-order valence-corrected chi connectivity index (χ0v) is 13.0. The van der Waals surface area contributed by atoms with Gasteiger partial charge in [0.15, 0.2) is 5.82 Å². The van der Waals surface area contributed by atoms with Gasteiger partial charge in [-0.05, 0) is 29.5 Å². The van der Waals surface area contributed by atoms with Crippen molar-refractivity contribution in [2.24, 2.45) is 7.05 Å². The third kappa shape index (κ3) is 4.25. The lowest BCUT2D eigenvalue weighted by atomic mass is 10.3. The Kier molecular flexibility index (Phi) is 5.68. The molecule has 0 aliphatic rings. The maximum atomic E-state index is 12.2. The molecule has 0 N–H and O–H groups in total. The van der Waals surface area contributed by atoms with Gasteiger partial charge in [0.05, 0.1) is 5.75 Å². The Bertz CT molecular complexity index is 573. The second kappa shape index (κ2) is 7.72. The predicted molar refractivity (Wildman–Crippen MR) is 81.8 cm³/mol. The number of amides is 1. The van der Waals surface area contributed by atoms with Crippen LogP contribution >= 0.6 is 11.8 Å². The van der Waals surface area contributed by atoms with E-state index in [9.17, 15) is 4.79 Å². The van der Waals surface area contributed by atoms with E-state index in [0.29, 0.717) is 24.5 Å². The first kappa shape index (κ1) is 15.4. The fraction of sp³-hybridized carbons (Fsp3) is 0.462. The molecule has 0 aliphatic heterocycles. The van der Waals surface area contributed by atoms with Crippen LogP contribution in [0.3, 0.4) is 0 Å². The zero-order chi connectivity index (χ0) is 15.1. The Morgan fingerprint density at radius 3 is 2.90 bits per heavy atom. The van der Waals surface area contributed by atoms with Crippen LogP contribution in [-0.2, 0) is 17.6 Å². The van der Waals surface area contributed by atoms with E-state index >= 15 is 0 Å². The van der Waals surface area contributed by atoms with E-state index in [1.165, 1.54) is 0 Å². The van der Waals surface area contributed by atoms with Crippen molar-refractivity contribution in [1.29, 1.82) is 0 Å². The topological polar surface area (TPSA) is 76.8 Å². The number of hydrogen-bond donors (Lipinski definition) is 0. The largest absolute Gasteiger partial charge is 0.297 e. The number of rotatable bonds is 7. The normalized spacial score (nSPS) is 10.6. The lowest BCUT2D eigenvalue weighted by Crippen LogP contribution is -2.31. The van der Waals surface area contributed by atoms with Crippen LogP contribution in [0.1, 0.15) is 19.2 Å². The molecule has 0 atom stereocenters. The third-order valence-electron chi connectivity index (χ3n) is 2.94. The van der Waals surface area contributed by atoms with Gasteiger partial charge in [-0.15, -0.1) is 5.10 Å². The first-order chi connectivity index (χ1) is 10.2. The number of nitrogens with zero attached hydrogens (tertiary/aromatic N) is 6. The van der Waals surface area contributed by atoms with E-state index in [1.54, 1.807) is 34.6 Å². The molecule has 2 aromatic rings. The summed E-state index contributed by atoms with van der Waals surface area (Å²) in [5, 5.41) is 11.3. The highest BCUT2D eigenvalue weighted by molar-refractivity contribution is 7.98. The Balaban J connectivity index is 1.79. The molecular weight excluding hydrogens is 288 g/mol. The van der Waals surface area contributed by atoms with Crippen molar-refractivity contribution in [2.45, 2.75) is 19.1 Å². The van der Waals surface area contributed by atoms with Crippen molar-refractivity contribution in [3.8, 4) is 0 Å². The van der Waals surface area contributed by atoms with Crippen LogP contribution in [0.2, 0.25) is 0 Å². The van der Waals surface area contributed by atoms with Crippen LogP contribution < -0.4 is 4.90 Å². The zero-order valence-electron chi connectivity index (χ0n) is 12.1. The van der Waals surface area contributed by atoms with Gasteiger partial charge >= 0.3 is 0 Å². The van der Waals surface area contributed by atoms with Gasteiger partial charge in [-0.1, -0.05) is 6.07 Å². The number of aryl methyl sites for hydroxylation is 1.